The number of rotatable bonds is 6. The molecule has 2 fully saturated rings. The minimum Gasteiger partial charge on any atom is -0.465 e. The topological polar surface area (TPSA) is 216 Å². The van der Waals surface area contributed by atoms with Gasteiger partial charge in [0.1, 0.15) is 42.9 Å². The normalized spacial score (nSPS) is 49.6. The summed E-state index contributed by atoms with van der Waals surface area (Å²) in [4.78, 5) is 0. The highest BCUT2D eigenvalue weighted by atomic mass is 16.7. The molecule has 0 aromatic carbocycles. The second-order valence-electron chi connectivity index (χ2n) is 8.17. The largest absolute Gasteiger partial charge is 0.465 e. The fourth-order valence-corrected chi connectivity index (χ4v) is 4.07. The molecule has 4 unspecified atom stereocenters. The van der Waals surface area contributed by atoms with Crippen LogP contribution >= 0.6 is 0 Å². The van der Waals surface area contributed by atoms with Gasteiger partial charge in [-0.15, -0.1) is 0 Å². The van der Waals surface area contributed by atoms with Crippen molar-refractivity contribution in [2.45, 2.75) is 80.7 Å². The molecule has 30 heavy (non-hydrogen) atoms. The van der Waals surface area contributed by atoms with E-state index in [2.05, 4.69) is 0 Å². The molecule has 3 rings (SSSR count). The lowest BCUT2D eigenvalue weighted by molar-refractivity contribution is -0.278. The molecule has 12 nitrogen and oxygen atoms in total. The van der Waals surface area contributed by atoms with Crippen LogP contribution < -0.4 is 17.2 Å². The molecule has 0 amide bonds. The van der Waals surface area contributed by atoms with Gasteiger partial charge in [-0.1, -0.05) is 6.92 Å². The Morgan fingerprint density at radius 1 is 1.03 bits per heavy atom. The molecule has 0 aromatic heterocycles. The third-order valence-electron chi connectivity index (χ3n) is 5.93. The van der Waals surface area contributed by atoms with Gasteiger partial charge in [0.15, 0.2) is 6.29 Å². The number of hydrogen-bond donors (Lipinski definition) is 8. The van der Waals surface area contributed by atoms with Crippen molar-refractivity contribution in [3.63, 3.8) is 0 Å². The van der Waals surface area contributed by atoms with Crippen LogP contribution in [0, 0.1) is 5.92 Å². The van der Waals surface area contributed by atoms with E-state index in [0.29, 0.717) is 6.42 Å². The molecule has 12 heteroatoms. The first-order chi connectivity index (χ1) is 14.2. The summed E-state index contributed by atoms with van der Waals surface area (Å²) in [6.45, 7) is 1.31. The number of aliphatic hydroxyl groups excluding tert-OH is 5. The molecular weight excluding hydrogens is 402 g/mol. The van der Waals surface area contributed by atoms with E-state index in [4.69, 9.17) is 36.1 Å². The molecule has 174 valence electrons. The smallest absolute Gasteiger partial charge is 0.218 e. The van der Waals surface area contributed by atoms with Crippen LogP contribution in [0.5, 0.6) is 0 Å². The first-order valence-electron chi connectivity index (χ1n) is 10.1. The van der Waals surface area contributed by atoms with Gasteiger partial charge in [-0.05, 0) is 18.4 Å². The summed E-state index contributed by atoms with van der Waals surface area (Å²) in [5.41, 5.74) is 17.8. The maximum Gasteiger partial charge on any atom is 0.218 e. The number of ether oxygens (including phenoxy) is 4. The summed E-state index contributed by atoms with van der Waals surface area (Å²) in [5.74, 6) is -0.161. The van der Waals surface area contributed by atoms with Gasteiger partial charge in [-0.2, -0.15) is 0 Å². The fourth-order valence-electron chi connectivity index (χ4n) is 4.07. The van der Waals surface area contributed by atoms with Crippen LogP contribution in [0.3, 0.4) is 0 Å². The maximum atomic E-state index is 10.7. The predicted molar refractivity (Wildman–Crippen MR) is 101 cm³/mol. The standard InChI is InChI=1S/C18H33N3O9/c1-6-2-8(20)15(29-17-11(21)9(23)3-7(5-22)27-17)16(12(6)24)30-18-14(26)13(25)10(4-19)28-18/h3,6,8-18,22-26H,2,4-5,19-21H2,1H3/t6-,8?,9?,10-,11+,12?,13+,14?,15-,16-,17-,18+/m1/s1. The van der Waals surface area contributed by atoms with Crippen LogP contribution in [0.4, 0.5) is 0 Å². The molecule has 1 saturated carbocycles. The highest BCUT2D eigenvalue weighted by Gasteiger charge is 2.50. The van der Waals surface area contributed by atoms with E-state index in [1.165, 1.54) is 6.08 Å². The molecule has 0 bridgehead atoms. The van der Waals surface area contributed by atoms with Gasteiger partial charge in [0, 0.05) is 12.6 Å². The van der Waals surface area contributed by atoms with E-state index in [9.17, 15) is 25.5 Å². The van der Waals surface area contributed by atoms with Crippen molar-refractivity contribution >= 4 is 0 Å². The molecule has 1 aliphatic carbocycles. The van der Waals surface area contributed by atoms with Gasteiger partial charge in [0.2, 0.25) is 6.29 Å². The molecule has 1 saturated heterocycles. The van der Waals surface area contributed by atoms with Gasteiger partial charge in [0.25, 0.3) is 0 Å². The minimum absolute atomic E-state index is 0.0277. The Balaban J connectivity index is 1.77. The summed E-state index contributed by atoms with van der Waals surface area (Å²) < 4.78 is 22.7. The van der Waals surface area contributed by atoms with Gasteiger partial charge < -0.3 is 61.7 Å². The molecule has 11 N–H and O–H groups in total. The van der Waals surface area contributed by atoms with Crippen molar-refractivity contribution in [1.29, 1.82) is 0 Å². The lowest BCUT2D eigenvalue weighted by Crippen LogP contribution is -2.62. The Hall–Kier alpha value is -0.900. The number of nitrogens with two attached hydrogens (primary N) is 3. The lowest BCUT2D eigenvalue weighted by atomic mass is 9.80. The van der Waals surface area contributed by atoms with Crippen molar-refractivity contribution in [2.75, 3.05) is 13.2 Å². The SMILES string of the molecule is C[C@@H]1CC(N)[C@@H](O[C@H]2OC(CO)=CC(O)[C@@H]2N)[C@H](O[C@@H]2O[C@H](CN)[C@H](O)C2O)C1O. The molecule has 12 atom stereocenters. The van der Waals surface area contributed by atoms with Gasteiger partial charge in [-0.25, -0.2) is 0 Å². The van der Waals surface area contributed by atoms with Crippen LogP contribution in [0.15, 0.2) is 11.8 Å². The Bertz CT molecular complexity index is 611. The molecule has 0 radical (unpaired) electrons. The van der Waals surface area contributed by atoms with E-state index >= 15 is 0 Å². The van der Waals surface area contributed by atoms with Crippen LogP contribution in [-0.4, -0.2) is 106 Å². The Kier molecular flexibility index (Phi) is 7.69. The van der Waals surface area contributed by atoms with Crippen molar-refractivity contribution in [3.8, 4) is 0 Å². The third-order valence-corrected chi connectivity index (χ3v) is 5.93. The van der Waals surface area contributed by atoms with E-state index in [1.54, 1.807) is 6.92 Å². The highest BCUT2D eigenvalue weighted by molar-refractivity contribution is 5.07. The van der Waals surface area contributed by atoms with E-state index in [1.807, 2.05) is 0 Å². The summed E-state index contributed by atoms with van der Waals surface area (Å²) in [6, 6.07) is -1.57. The van der Waals surface area contributed by atoms with Crippen LogP contribution in [0.1, 0.15) is 13.3 Å². The fraction of sp³-hybridized carbons (Fsp3) is 0.889. The first kappa shape index (κ1) is 23.8. The van der Waals surface area contributed by atoms with Crippen molar-refractivity contribution in [1.82, 2.24) is 0 Å². The Morgan fingerprint density at radius 2 is 1.70 bits per heavy atom. The Labute approximate surface area is 174 Å². The summed E-state index contributed by atoms with van der Waals surface area (Å²) in [5, 5.41) is 50.4. The van der Waals surface area contributed by atoms with Crippen molar-refractivity contribution in [3.05, 3.63) is 11.8 Å². The zero-order valence-electron chi connectivity index (χ0n) is 16.7. The van der Waals surface area contributed by atoms with E-state index < -0.39 is 74.0 Å². The monoisotopic (exact) mass is 435 g/mol. The second kappa shape index (κ2) is 9.71. The number of hydrogen-bond acceptors (Lipinski definition) is 12. The average molecular weight is 435 g/mol. The third kappa shape index (κ3) is 4.64. The molecule has 2 heterocycles. The zero-order chi connectivity index (χ0) is 22.2. The van der Waals surface area contributed by atoms with Gasteiger partial charge in [-0.3, -0.25) is 0 Å². The molecular formula is C18H33N3O9. The predicted octanol–water partition coefficient (Wildman–Crippen LogP) is -4.19. The molecule has 0 spiro atoms. The highest BCUT2D eigenvalue weighted by Crippen LogP contribution is 2.34. The van der Waals surface area contributed by atoms with Crippen LogP contribution in [-0.2, 0) is 18.9 Å². The number of aliphatic hydroxyl groups is 5. The van der Waals surface area contributed by atoms with Crippen LogP contribution in [0.2, 0.25) is 0 Å². The van der Waals surface area contributed by atoms with Crippen LogP contribution in [0.25, 0.3) is 0 Å². The first-order valence-corrected chi connectivity index (χ1v) is 10.1. The maximum absolute atomic E-state index is 10.7. The molecule has 2 aliphatic heterocycles. The Morgan fingerprint density at radius 3 is 2.30 bits per heavy atom. The summed E-state index contributed by atoms with van der Waals surface area (Å²) in [7, 11) is 0. The van der Waals surface area contributed by atoms with E-state index in [0.717, 1.165) is 0 Å². The van der Waals surface area contributed by atoms with Gasteiger partial charge >= 0.3 is 0 Å². The summed E-state index contributed by atoms with van der Waals surface area (Å²) >= 11 is 0. The lowest BCUT2D eigenvalue weighted by Gasteiger charge is -2.45. The molecule has 0 aromatic rings. The quantitative estimate of drug-likeness (QED) is 0.199. The average Bonchev–Trinajstić information content (AvgIpc) is 2.99. The minimum atomic E-state index is -1.38. The van der Waals surface area contributed by atoms with Gasteiger partial charge in [0.05, 0.1) is 18.2 Å². The van der Waals surface area contributed by atoms with Crippen molar-refractivity contribution in [2.24, 2.45) is 23.1 Å². The van der Waals surface area contributed by atoms with E-state index in [-0.39, 0.29) is 18.2 Å². The molecule has 3 aliphatic rings. The summed E-state index contributed by atoms with van der Waals surface area (Å²) in [6.07, 6.45) is -8.30. The second-order valence-corrected chi connectivity index (χ2v) is 8.17. The van der Waals surface area contributed by atoms with Crippen molar-refractivity contribution < 1.29 is 44.5 Å². The zero-order valence-corrected chi connectivity index (χ0v) is 16.7.